The van der Waals surface area contributed by atoms with Crippen LogP contribution in [0.2, 0.25) is 5.02 Å². The first kappa shape index (κ1) is 17.4. The van der Waals surface area contributed by atoms with Gasteiger partial charge in [-0.3, -0.25) is 0 Å². The third-order valence-electron chi connectivity index (χ3n) is 3.51. The molecule has 2 amide bonds. The number of urea groups is 1. The topological polar surface area (TPSA) is 74.5 Å². The molecular formula is C17H21ClN2O3. The summed E-state index contributed by atoms with van der Waals surface area (Å²) in [6.07, 6.45) is -0.224. The van der Waals surface area contributed by atoms with Gasteiger partial charge in [-0.1, -0.05) is 23.7 Å². The van der Waals surface area contributed by atoms with Crippen LogP contribution in [0.5, 0.6) is 0 Å². The zero-order chi connectivity index (χ0) is 16.8. The summed E-state index contributed by atoms with van der Waals surface area (Å²) in [5, 5.41) is 16.3. The Morgan fingerprint density at radius 2 is 1.96 bits per heavy atom. The summed E-state index contributed by atoms with van der Waals surface area (Å²) in [6.45, 7) is 4.45. The van der Waals surface area contributed by atoms with Gasteiger partial charge in [0.2, 0.25) is 0 Å². The Hall–Kier alpha value is -1.98. The fraction of sp³-hybridized carbons (Fsp3) is 0.353. The second-order valence-corrected chi connectivity index (χ2v) is 5.85. The fourth-order valence-electron chi connectivity index (χ4n) is 2.31. The molecule has 2 rings (SSSR count). The van der Waals surface area contributed by atoms with E-state index in [0.29, 0.717) is 30.3 Å². The van der Waals surface area contributed by atoms with Crippen LogP contribution in [0.1, 0.15) is 35.2 Å². The second kappa shape index (κ2) is 8.04. The van der Waals surface area contributed by atoms with Gasteiger partial charge in [0.05, 0.1) is 6.10 Å². The maximum atomic E-state index is 11.7. The van der Waals surface area contributed by atoms with E-state index in [4.69, 9.17) is 16.0 Å². The molecule has 124 valence electrons. The van der Waals surface area contributed by atoms with Crippen molar-refractivity contribution in [1.29, 1.82) is 0 Å². The Bertz CT molecular complexity index is 652. The molecule has 0 aliphatic rings. The van der Waals surface area contributed by atoms with E-state index in [0.717, 1.165) is 16.9 Å². The molecule has 0 fully saturated rings. The zero-order valence-corrected chi connectivity index (χ0v) is 14.0. The number of amides is 2. The third kappa shape index (κ3) is 5.30. The van der Waals surface area contributed by atoms with Crippen molar-refractivity contribution in [1.82, 2.24) is 10.6 Å². The van der Waals surface area contributed by atoms with Crippen molar-refractivity contribution in [2.45, 2.75) is 32.9 Å². The fourth-order valence-corrected chi connectivity index (χ4v) is 2.43. The van der Waals surface area contributed by atoms with Crippen molar-refractivity contribution >= 4 is 17.6 Å². The van der Waals surface area contributed by atoms with Gasteiger partial charge in [0, 0.05) is 23.7 Å². The standard InChI is InChI=1S/C17H21ClN2O3/c1-11-9-15(12(2)23-11)16(21)7-8-19-17(22)20-10-13-3-5-14(18)6-4-13/h3-6,9,16,21H,7-8,10H2,1-2H3,(H2,19,20,22). The predicted octanol–water partition coefficient (Wildman–Crippen LogP) is 3.47. The number of aliphatic hydroxyl groups excluding tert-OH is 1. The summed E-state index contributed by atoms with van der Waals surface area (Å²) in [5.41, 5.74) is 1.74. The Kier molecular flexibility index (Phi) is 6.07. The molecule has 23 heavy (non-hydrogen) atoms. The van der Waals surface area contributed by atoms with Crippen LogP contribution in [0.3, 0.4) is 0 Å². The van der Waals surface area contributed by atoms with E-state index in [1.54, 1.807) is 12.1 Å². The first-order valence-electron chi connectivity index (χ1n) is 7.47. The minimum atomic E-state index is -0.649. The molecular weight excluding hydrogens is 316 g/mol. The van der Waals surface area contributed by atoms with Gasteiger partial charge in [-0.25, -0.2) is 4.79 Å². The molecule has 0 saturated carbocycles. The van der Waals surface area contributed by atoms with Crippen molar-refractivity contribution in [2.24, 2.45) is 0 Å². The molecule has 1 aromatic carbocycles. The quantitative estimate of drug-likeness (QED) is 0.756. The van der Waals surface area contributed by atoms with Crippen LogP contribution >= 0.6 is 11.6 Å². The molecule has 1 unspecified atom stereocenters. The number of nitrogens with one attached hydrogen (secondary N) is 2. The summed E-state index contributed by atoms with van der Waals surface area (Å²) in [4.78, 5) is 11.7. The monoisotopic (exact) mass is 336 g/mol. The van der Waals surface area contributed by atoms with Crippen LogP contribution in [0.4, 0.5) is 4.79 Å². The van der Waals surface area contributed by atoms with Crippen LogP contribution in [0.15, 0.2) is 34.7 Å². The summed E-state index contributed by atoms with van der Waals surface area (Å²) in [5.74, 6) is 1.48. The molecule has 0 radical (unpaired) electrons. The lowest BCUT2D eigenvalue weighted by Gasteiger charge is -2.11. The van der Waals surface area contributed by atoms with Crippen LogP contribution in [0.25, 0.3) is 0 Å². The van der Waals surface area contributed by atoms with Gasteiger partial charge in [-0.2, -0.15) is 0 Å². The van der Waals surface area contributed by atoms with Crippen molar-refractivity contribution < 1.29 is 14.3 Å². The molecule has 0 aliphatic carbocycles. The smallest absolute Gasteiger partial charge is 0.315 e. The van der Waals surface area contributed by atoms with Gasteiger partial charge >= 0.3 is 6.03 Å². The Balaban J connectivity index is 1.70. The summed E-state index contributed by atoms with van der Waals surface area (Å²) in [6, 6.07) is 8.82. The molecule has 5 nitrogen and oxygen atoms in total. The van der Waals surface area contributed by atoms with E-state index in [-0.39, 0.29) is 6.03 Å². The Morgan fingerprint density at radius 3 is 2.57 bits per heavy atom. The van der Waals surface area contributed by atoms with E-state index in [1.807, 2.05) is 32.0 Å². The minimum absolute atomic E-state index is 0.271. The lowest BCUT2D eigenvalue weighted by Crippen LogP contribution is -2.36. The Labute approximate surface area is 140 Å². The number of aryl methyl sites for hydroxylation is 2. The molecule has 1 aromatic heterocycles. The molecule has 0 saturated heterocycles. The van der Waals surface area contributed by atoms with Crippen molar-refractivity contribution in [2.75, 3.05) is 6.54 Å². The number of hydrogen-bond donors (Lipinski definition) is 3. The highest BCUT2D eigenvalue weighted by atomic mass is 35.5. The highest BCUT2D eigenvalue weighted by Gasteiger charge is 2.14. The first-order valence-corrected chi connectivity index (χ1v) is 7.84. The molecule has 0 bridgehead atoms. The van der Waals surface area contributed by atoms with Crippen LogP contribution < -0.4 is 10.6 Å². The number of carbonyl (C=O) groups excluding carboxylic acids is 1. The van der Waals surface area contributed by atoms with E-state index >= 15 is 0 Å². The van der Waals surface area contributed by atoms with Crippen LogP contribution in [-0.4, -0.2) is 17.7 Å². The lowest BCUT2D eigenvalue weighted by molar-refractivity contribution is 0.165. The second-order valence-electron chi connectivity index (χ2n) is 5.41. The van der Waals surface area contributed by atoms with Crippen LogP contribution in [-0.2, 0) is 6.54 Å². The van der Waals surface area contributed by atoms with Crippen molar-refractivity contribution in [3.8, 4) is 0 Å². The molecule has 3 N–H and O–H groups in total. The normalized spacial score (nSPS) is 12.0. The number of furan rings is 1. The highest BCUT2D eigenvalue weighted by Crippen LogP contribution is 2.23. The summed E-state index contributed by atoms with van der Waals surface area (Å²) < 4.78 is 5.39. The van der Waals surface area contributed by atoms with E-state index < -0.39 is 6.10 Å². The summed E-state index contributed by atoms with van der Waals surface area (Å²) >= 11 is 5.81. The van der Waals surface area contributed by atoms with Gasteiger partial charge in [0.15, 0.2) is 0 Å². The van der Waals surface area contributed by atoms with Crippen molar-refractivity contribution in [3.05, 3.63) is 58.0 Å². The molecule has 0 aliphatic heterocycles. The minimum Gasteiger partial charge on any atom is -0.466 e. The van der Waals surface area contributed by atoms with Gasteiger partial charge in [-0.05, 0) is 44.0 Å². The third-order valence-corrected chi connectivity index (χ3v) is 3.76. The van der Waals surface area contributed by atoms with E-state index in [9.17, 15) is 9.90 Å². The highest BCUT2D eigenvalue weighted by molar-refractivity contribution is 6.30. The number of hydrogen-bond acceptors (Lipinski definition) is 3. The van der Waals surface area contributed by atoms with E-state index in [1.165, 1.54) is 0 Å². The molecule has 1 atom stereocenters. The van der Waals surface area contributed by atoms with Gasteiger partial charge in [0.25, 0.3) is 0 Å². The first-order chi connectivity index (χ1) is 11.0. The molecule has 1 heterocycles. The lowest BCUT2D eigenvalue weighted by atomic mass is 10.1. The maximum absolute atomic E-state index is 11.7. The number of carbonyl (C=O) groups is 1. The van der Waals surface area contributed by atoms with Gasteiger partial charge < -0.3 is 20.2 Å². The van der Waals surface area contributed by atoms with Gasteiger partial charge in [-0.15, -0.1) is 0 Å². The number of rotatable bonds is 6. The van der Waals surface area contributed by atoms with Gasteiger partial charge in [0.1, 0.15) is 11.5 Å². The number of halogens is 1. The van der Waals surface area contributed by atoms with E-state index in [2.05, 4.69) is 10.6 Å². The average Bonchev–Trinajstić information content (AvgIpc) is 2.85. The largest absolute Gasteiger partial charge is 0.466 e. The molecule has 0 spiro atoms. The summed E-state index contributed by atoms with van der Waals surface area (Å²) in [7, 11) is 0. The average molecular weight is 337 g/mol. The molecule has 2 aromatic rings. The van der Waals surface area contributed by atoms with Crippen LogP contribution in [0, 0.1) is 13.8 Å². The number of benzene rings is 1. The predicted molar refractivity (Wildman–Crippen MR) is 89.4 cm³/mol. The zero-order valence-electron chi connectivity index (χ0n) is 13.2. The molecule has 6 heteroatoms. The Morgan fingerprint density at radius 1 is 1.26 bits per heavy atom. The SMILES string of the molecule is Cc1cc(C(O)CCNC(=O)NCc2ccc(Cl)cc2)c(C)o1. The maximum Gasteiger partial charge on any atom is 0.315 e. The number of aliphatic hydroxyl groups is 1. The van der Waals surface area contributed by atoms with Crippen molar-refractivity contribution in [3.63, 3.8) is 0 Å².